The zero-order chi connectivity index (χ0) is 24.9. The van der Waals surface area contributed by atoms with Crippen molar-refractivity contribution in [2.75, 3.05) is 7.05 Å². The maximum Gasteiger partial charge on any atom is 0.339 e. The van der Waals surface area contributed by atoms with Crippen molar-refractivity contribution in [3.8, 4) is 11.3 Å². The van der Waals surface area contributed by atoms with E-state index in [4.69, 9.17) is 21.3 Å². The van der Waals surface area contributed by atoms with Crippen LogP contribution in [0.2, 0.25) is 5.02 Å². The van der Waals surface area contributed by atoms with Gasteiger partial charge in [-0.15, -0.1) is 0 Å². The third-order valence-electron chi connectivity index (χ3n) is 5.26. The second-order valence-corrected chi connectivity index (χ2v) is 8.14. The molecule has 10 heteroatoms. The average Bonchev–Trinajstić information content (AvgIpc) is 3.27. The van der Waals surface area contributed by atoms with Gasteiger partial charge in [-0.1, -0.05) is 54.1 Å². The molecular weight excluding hydrogens is 470 g/mol. The Morgan fingerprint density at radius 3 is 2.49 bits per heavy atom. The molecule has 0 fully saturated rings. The van der Waals surface area contributed by atoms with E-state index in [1.807, 2.05) is 42.5 Å². The van der Waals surface area contributed by atoms with Crippen molar-refractivity contribution < 1.29 is 19.1 Å². The highest BCUT2D eigenvalue weighted by molar-refractivity contribution is 6.30. The fourth-order valence-electron chi connectivity index (χ4n) is 3.41. The number of nitrogens with zero attached hydrogens (tertiary/aromatic N) is 3. The first-order valence-corrected chi connectivity index (χ1v) is 11.1. The molecule has 0 radical (unpaired) electrons. The SMILES string of the molecule is CNC(=O)NC(=O)C(C)OC(=O)c1cc(-c2ccccc2)nc2c1cnn2Cc1ccc(Cl)cc1. The number of carbonyl (C=O) groups excluding carboxylic acids is 3. The van der Waals surface area contributed by atoms with Crippen LogP contribution in [0.3, 0.4) is 0 Å². The van der Waals surface area contributed by atoms with E-state index in [9.17, 15) is 14.4 Å². The summed E-state index contributed by atoms with van der Waals surface area (Å²) >= 11 is 6.00. The Labute approximate surface area is 206 Å². The fraction of sp³-hybridized carbons (Fsp3) is 0.160. The standard InChI is InChI=1S/C25H22ClN5O4/c1-15(23(32)30-25(34)27-2)35-24(33)19-12-21(17-6-4-3-5-7-17)29-22-20(19)13-28-31(22)14-16-8-10-18(26)11-9-16/h3-13,15H,14H2,1-2H3,(H2,27,30,32,34). The van der Waals surface area contributed by atoms with Gasteiger partial charge in [0.2, 0.25) is 0 Å². The zero-order valence-electron chi connectivity index (χ0n) is 19.0. The lowest BCUT2D eigenvalue weighted by atomic mass is 10.1. The Kier molecular flexibility index (Phi) is 7.07. The number of hydrogen-bond acceptors (Lipinski definition) is 6. The molecule has 1 atom stereocenters. The Morgan fingerprint density at radius 1 is 1.09 bits per heavy atom. The summed E-state index contributed by atoms with van der Waals surface area (Å²) in [5.41, 5.74) is 2.99. The van der Waals surface area contributed by atoms with Gasteiger partial charge in [-0.2, -0.15) is 5.10 Å². The second-order valence-electron chi connectivity index (χ2n) is 7.70. The van der Waals surface area contributed by atoms with Gasteiger partial charge in [-0.3, -0.25) is 10.1 Å². The molecule has 0 saturated carbocycles. The first-order chi connectivity index (χ1) is 16.9. The van der Waals surface area contributed by atoms with E-state index in [0.29, 0.717) is 28.3 Å². The zero-order valence-corrected chi connectivity index (χ0v) is 19.7. The van der Waals surface area contributed by atoms with Crippen LogP contribution in [0.25, 0.3) is 22.3 Å². The van der Waals surface area contributed by atoms with Crippen molar-refractivity contribution in [2.24, 2.45) is 0 Å². The number of imide groups is 1. The number of halogens is 1. The maximum absolute atomic E-state index is 13.1. The van der Waals surface area contributed by atoms with E-state index in [1.165, 1.54) is 14.0 Å². The normalized spacial score (nSPS) is 11.6. The minimum atomic E-state index is -1.20. The molecular formula is C25H22ClN5O4. The number of benzene rings is 2. The van der Waals surface area contributed by atoms with Crippen LogP contribution in [0.15, 0.2) is 66.9 Å². The molecule has 1 unspecified atom stereocenters. The molecule has 2 aromatic heterocycles. The largest absolute Gasteiger partial charge is 0.449 e. The monoisotopic (exact) mass is 491 g/mol. The van der Waals surface area contributed by atoms with Crippen molar-refractivity contribution in [1.82, 2.24) is 25.4 Å². The van der Waals surface area contributed by atoms with Crippen LogP contribution >= 0.6 is 11.6 Å². The molecule has 0 bridgehead atoms. The smallest absolute Gasteiger partial charge is 0.339 e. The van der Waals surface area contributed by atoms with Gasteiger partial charge in [0, 0.05) is 17.6 Å². The van der Waals surface area contributed by atoms with Crippen LogP contribution in [0.5, 0.6) is 0 Å². The molecule has 35 heavy (non-hydrogen) atoms. The van der Waals surface area contributed by atoms with Crippen molar-refractivity contribution in [2.45, 2.75) is 19.6 Å². The van der Waals surface area contributed by atoms with Crippen LogP contribution in [0.4, 0.5) is 4.79 Å². The minimum absolute atomic E-state index is 0.204. The topological polar surface area (TPSA) is 115 Å². The molecule has 9 nitrogen and oxygen atoms in total. The molecule has 3 amide bonds. The van der Waals surface area contributed by atoms with E-state index in [-0.39, 0.29) is 5.56 Å². The van der Waals surface area contributed by atoms with Gasteiger partial charge >= 0.3 is 12.0 Å². The van der Waals surface area contributed by atoms with Crippen LogP contribution in [0, 0.1) is 0 Å². The predicted octanol–water partition coefficient (Wildman–Crippen LogP) is 3.80. The van der Waals surface area contributed by atoms with E-state index >= 15 is 0 Å². The van der Waals surface area contributed by atoms with E-state index in [1.54, 1.807) is 29.1 Å². The number of ether oxygens (including phenoxy) is 1. The number of rotatable bonds is 6. The Balaban J connectivity index is 1.72. The van der Waals surface area contributed by atoms with Crippen molar-refractivity contribution in [1.29, 1.82) is 0 Å². The summed E-state index contributed by atoms with van der Waals surface area (Å²) < 4.78 is 7.06. The highest BCUT2D eigenvalue weighted by atomic mass is 35.5. The van der Waals surface area contributed by atoms with Crippen molar-refractivity contribution in [3.05, 3.63) is 83.0 Å². The number of amides is 3. The summed E-state index contributed by atoms with van der Waals surface area (Å²) in [5.74, 6) is -1.48. The molecule has 0 saturated heterocycles. The molecule has 0 aliphatic carbocycles. The molecule has 2 aromatic carbocycles. The molecule has 0 aliphatic heterocycles. The molecule has 4 aromatic rings. The van der Waals surface area contributed by atoms with Gasteiger partial charge in [0.15, 0.2) is 11.8 Å². The Bertz CT molecular complexity index is 1390. The van der Waals surface area contributed by atoms with Crippen LogP contribution in [-0.4, -0.2) is 45.8 Å². The number of hydrogen-bond donors (Lipinski definition) is 2. The van der Waals surface area contributed by atoms with E-state index < -0.39 is 24.0 Å². The number of carbonyl (C=O) groups is 3. The molecule has 178 valence electrons. The highest BCUT2D eigenvalue weighted by Crippen LogP contribution is 2.26. The molecule has 0 aliphatic rings. The van der Waals surface area contributed by atoms with Gasteiger partial charge in [-0.05, 0) is 30.7 Å². The van der Waals surface area contributed by atoms with Gasteiger partial charge < -0.3 is 10.1 Å². The van der Waals surface area contributed by atoms with Gasteiger partial charge in [0.05, 0.1) is 29.4 Å². The third kappa shape index (κ3) is 5.47. The first kappa shape index (κ1) is 23.9. The molecule has 2 N–H and O–H groups in total. The molecule has 0 spiro atoms. The maximum atomic E-state index is 13.1. The summed E-state index contributed by atoms with van der Waals surface area (Å²) in [6, 6.07) is 17.7. The summed E-state index contributed by atoms with van der Waals surface area (Å²) in [7, 11) is 1.37. The summed E-state index contributed by atoms with van der Waals surface area (Å²) in [5, 5.41) is 9.90. The Morgan fingerprint density at radius 2 is 1.80 bits per heavy atom. The lowest BCUT2D eigenvalue weighted by Gasteiger charge is -2.14. The van der Waals surface area contributed by atoms with Gasteiger partial charge in [0.1, 0.15) is 0 Å². The van der Waals surface area contributed by atoms with Crippen molar-refractivity contribution >= 4 is 40.5 Å². The Hall–Kier alpha value is -4.24. The number of aromatic nitrogens is 3. The fourth-order valence-corrected chi connectivity index (χ4v) is 3.53. The van der Waals surface area contributed by atoms with Crippen LogP contribution < -0.4 is 10.6 Å². The molecule has 2 heterocycles. The van der Waals surface area contributed by atoms with E-state index in [0.717, 1.165) is 11.1 Å². The number of nitrogens with one attached hydrogen (secondary N) is 2. The van der Waals surface area contributed by atoms with Crippen LogP contribution in [0.1, 0.15) is 22.8 Å². The average molecular weight is 492 g/mol. The third-order valence-corrected chi connectivity index (χ3v) is 5.51. The lowest BCUT2D eigenvalue weighted by molar-refractivity contribution is -0.127. The van der Waals surface area contributed by atoms with Gasteiger partial charge in [-0.25, -0.2) is 19.3 Å². The number of pyridine rings is 1. The number of esters is 1. The molecule has 4 rings (SSSR count). The quantitative estimate of drug-likeness (QED) is 0.396. The number of fused-ring (bicyclic) bond motifs is 1. The van der Waals surface area contributed by atoms with Crippen LogP contribution in [-0.2, 0) is 16.1 Å². The van der Waals surface area contributed by atoms with Gasteiger partial charge in [0.25, 0.3) is 5.91 Å². The lowest BCUT2D eigenvalue weighted by Crippen LogP contribution is -2.43. The summed E-state index contributed by atoms with van der Waals surface area (Å²) in [4.78, 5) is 41.5. The summed E-state index contributed by atoms with van der Waals surface area (Å²) in [6.07, 6.45) is 0.339. The minimum Gasteiger partial charge on any atom is -0.449 e. The second kappa shape index (κ2) is 10.4. The van der Waals surface area contributed by atoms with E-state index in [2.05, 4.69) is 15.7 Å². The predicted molar refractivity (Wildman–Crippen MR) is 131 cm³/mol. The van der Waals surface area contributed by atoms with Crippen molar-refractivity contribution in [3.63, 3.8) is 0 Å². The number of urea groups is 1. The summed E-state index contributed by atoms with van der Waals surface area (Å²) in [6.45, 7) is 1.79. The highest BCUT2D eigenvalue weighted by Gasteiger charge is 2.24. The first-order valence-electron chi connectivity index (χ1n) is 10.8.